The molecule has 0 spiro atoms. The second-order valence-electron chi connectivity index (χ2n) is 5.71. The molecule has 2 aliphatic rings. The van der Waals surface area contributed by atoms with Crippen molar-refractivity contribution in [2.45, 2.75) is 64.0 Å². The van der Waals surface area contributed by atoms with Crippen molar-refractivity contribution >= 4 is 0 Å². The van der Waals surface area contributed by atoms with E-state index in [0.29, 0.717) is 12.0 Å². The van der Waals surface area contributed by atoms with Crippen molar-refractivity contribution in [2.24, 2.45) is 5.92 Å². The molecule has 2 nitrogen and oxygen atoms in total. The van der Waals surface area contributed by atoms with E-state index in [2.05, 4.69) is 18.7 Å². The van der Waals surface area contributed by atoms with Crippen molar-refractivity contribution in [1.29, 1.82) is 0 Å². The van der Waals surface area contributed by atoms with Crippen LogP contribution in [0.25, 0.3) is 0 Å². The molecule has 0 bridgehead atoms. The Morgan fingerprint density at radius 2 is 1.67 bits per heavy atom. The summed E-state index contributed by atoms with van der Waals surface area (Å²) in [5, 5.41) is 10.5. The van der Waals surface area contributed by atoms with Gasteiger partial charge in [-0.2, -0.15) is 0 Å². The van der Waals surface area contributed by atoms with Gasteiger partial charge in [-0.3, -0.25) is 0 Å². The van der Waals surface area contributed by atoms with Crippen LogP contribution in [-0.2, 0) is 0 Å². The number of rotatable bonds is 2. The van der Waals surface area contributed by atoms with Gasteiger partial charge in [0, 0.05) is 6.04 Å². The van der Waals surface area contributed by atoms with Crippen LogP contribution in [0.5, 0.6) is 0 Å². The Bertz CT molecular complexity index is 201. The van der Waals surface area contributed by atoms with E-state index in [1.54, 1.807) is 0 Å². The van der Waals surface area contributed by atoms with Crippen molar-refractivity contribution < 1.29 is 5.11 Å². The minimum absolute atomic E-state index is 0.289. The van der Waals surface area contributed by atoms with E-state index in [1.165, 1.54) is 38.8 Å². The predicted octanol–water partition coefficient (Wildman–Crippen LogP) is 2.41. The summed E-state index contributed by atoms with van der Waals surface area (Å²) in [4.78, 5) is 2.54. The maximum Gasteiger partial charge on any atom is 0.0676 e. The predicted molar refractivity (Wildman–Crippen MR) is 62.9 cm³/mol. The van der Waals surface area contributed by atoms with Gasteiger partial charge in [0.15, 0.2) is 0 Å². The lowest BCUT2D eigenvalue weighted by Crippen LogP contribution is -2.45. The number of aliphatic hydroxyl groups is 1. The summed E-state index contributed by atoms with van der Waals surface area (Å²) >= 11 is 0. The third kappa shape index (κ3) is 2.36. The summed E-state index contributed by atoms with van der Waals surface area (Å²) in [6, 6.07) is 0.671. The molecule has 0 amide bonds. The molecule has 1 N–H and O–H groups in total. The molecule has 15 heavy (non-hydrogen) atoms. The highest BCUT2D eigenvalue weighted by molar-refractivity contribution is 4.93. The summed E-state index contributed by atoms with van der Waals surface area (Å²) in [7, 11) is 0. The van der Waals surface area contributed by atoms with Crippen LogP contribution in [0, 0.1) is 5.92 Å². The molecule has 1 aliphatic heterocycles. The number of hydrogen-bond donors (Lipinski definition) is 1. The second-order valence-corrected chi connectivity index (χ2v) is 5.71. The molecule has 0 aromatic heterocycles. The maximum atomic E-state index is 10.5. The average Bonchev–Trinajstić information content (AvgIpc) is 2.67. The van der Waals surface area contributed by atoms with Gasteiger partial charge in [-0.25, -0.2) is 0 Å². The smallest absolute Gasteiger partial charge is 0.0676 e. The summed E-state index contributed by atoms with van der Waals surface area (Å²) in [5.41, 5.74) is -0.289. The van der Waals surface area contributed by atoms with Crippen LogP contribution in [0.4, 0.5) is 0 Å². The van der Waals surface area contributed by atoms with E-state index in [1.807, 2.05) is 0 Å². The molecule has 0 atom stereocenters. The van der Waals surface area contributed by atoms with Gasteiger partial charge in [-0.05, 0) is 58.5 Å². The Kier molecular flexibility index (Phi) is 3.36. The zero-order valence-electron chi connectivity index (χ0n) is 10.2. The molecule has 1 saturated carbocycles. The third-order valence-electron chi connectivity index (χ3n) is 4.49. The SMILES string of the molecule is CC(C)N1CCC(C2(O)CCCC2)CC1. The van der Waals surface area contributed by atoms with E-state index in [9.17, 15) is 5.11 Å². The maximum absolute atomic E-state index is 10.5. The average molecular weight is 211 g/mol. The molecular weight excluding hydrogens is 186 g/mol. The molecule has 0 unspecified atom stereocenters. The first kappa shape index (κ1) is 11.4. The molecular formula is C13H25NO. The van der Waals surface area contributed by atoms with Crippen molar-refractivity contribution in [3.8, 4) is 0 Å². The van der Waals surface area contributed by atoms with E-state index in [0.717, 1.165) is 12.8 Å². The highest BCUT2D eigenvalue weighted by atomic mass is 16.3. The van der Waals surface area contributed by atoms with Crippen molar-refractivity contribution in [1.82, 2.24) is 4.90 Å². The Balaban J connectivity index is 1.87. The van der Waals surface area contributed by atoms with Gasteiger partial charge < -0.3 is 10.0 Å². The lowest BCUT2D eigenvalue weighted by atomic mass is 9.79. The van der Waals surface area contributed by atoms with E-state index < -0.39 is 0 Å². The second kappa shape index (κ2) is 4.42. The summed E-state index contributed by atoms with van der Waals surface area (Å²) in [6.45, 7) is 6.91. The molecule has 2 rings (SSSR count). The van der Waals surface area contributed by atoms with E-state index in [4.69, 9.17) is 0 Å². The quantitative estimate of drug-likeness (QED) is 0.758. The zero-order chi connectivity index (χ0) is 10.9. The Hall–Kier alpha value is -0.0800. The van der Waals surface area contributed by atoms with Crippen LogP contribution in [0.15, 0.2) is 0 Å². The van der Waals surface area contributed by atoms with Gasteiger partial charge in [-0.15, -0.1) is 0 Å². The van der Waals surface area contributed by atoms with Crippen LogP contribution >= 0.6 is 0 Å². The van der Waals surface area contributed by atoms with Crippen molar-refractivity contribution in [3.05, 3.63) is 0 Å². The van der Waals surface area contributed by atoms with Crippen LogP contribution in [0.1, 0.15) is 52.4 Å². The summed E-state index contributed by atoms with van der Waals surface area (Å²) < 4.78 is 0. The summed E-state index contributed by atoms with van der Waals surface area (Å²) in [5.74, 6) is 0.579. The first-order valence-electron chi connectivity index (χ1n) is 6.58. The molecule has 0 aromatic carbocycles. The largest absolute Gasteiger partial charge is 0.390 e. The molecule has 0 radical (unpaired) electrons. The molecule has 88 valence electrons. The Morgan fingerprint density at radius 1 is 1.13 bits per heavy atom. The topological polar surface area (TPSA) is 23.5 Å². The lowest BCUT2D eigenvalue weighted by molar-refractivity contribution is -0.0405. The monoisotopic (exact) mass is 211 g/mol. The normalized spacial score (nSPS) is 28.8. The molecule has 0 aromatic rings. The fourth-order valence-electron chi connectivity index (χ4n) is 3.35. The van der Waals surface area contributed by atoms with Crippen LogP contribution in [-0.4, -0.2) is 34.7 Å². The van der Waals surface area contributed by atoms with E-state index >= 15 is 0 Å². The highest BCUT2D eigenvalue weighted by Crippen LogP contribution is 2.40. The fraction of sp³-hybridized carbons (Fsp3) is 1.00. The highest BCUT2D eigenvalue weighted by Gasteiger charge is 2.40. The number of piperidine rings is 1. The van der Waals surface area contributed by atoms with Crippen LogP contribution in [0.2, 0.25) is 0 Å². The van der Waals surface area contributed by atoms with Gasteiger partial charge in [0.1, 0.15) is 0 Å². The molecule has 1 aliphatic carbocycles. The number of nitrogens with zero attached hydrogens (tertiary/aromatic N) is 1. The van der Waals surface area contributed by atoms with Crippen molar-refractivity contribution in [3.63, 3.8) is 0 Å². The van der Waals surface area contributed by atoms with E-state index in [-0.39, 0.29) is 5.60 Å². The molecule has 2 heteroatoms. The van der Waals surface area contributed by atoms with Gasteiger partial charge >= 0.3 is 0 Å². The van der Waals surface area contributed by atoms with Gasteiger partial charge in [-0.1, -0.05) is 12.8 Å². The molecule has 1 heterocycles. The summed E-state index contributed by atoms with van der Waals surface area (Å²) in [6.07, 6.45) is 6.99. The number of hydrogen-bond acceptors (Lipinski definition) is 2. The van der Waals surface area contributed by atoms with Gasteiger partial charge in [0.2, 0.25) is 0 Å². The lowest BCUT2D eigenvalue weighted by Gasteiger charge is -2.41. The fourth-order valence-corrected chi connectivity index (χ4v) is 3.35. The Labute approximate surface area is 93.7 Å². The standard InChI is InChI=1S/C13H25NO/c1-11(2)14-9-5-12(6-10-14)13(15)7-3-4-8-13/h11-12,15H,3-10H2,1-2H3. The first-order chi connectivity index (χ1) is 7.12. The molecule has 1 saturated heterocycles. The minimum atomic E-state index is -0.289. The van der Waals surface area contributed by atoms with Gasteiger partial charge in [0.25, 0.3) is 0 Å². The van der Waals surface area contributed by atoms with Crippen molar-refractivity contribution in [2.75, 3.05) is 13.1 Å². The first-order valence-corrected chi connectivity index (χ1v) is 6.58. The Morgan fingerprint density at radius 3 is 2.13 bits per heavy atom. The van der Waals surface area contributed by atoms with Crippen LogP contribution < -0.4 is 0 Å². The minimum Gasteiger partial charge on any atom is -0.390 e. The number of likely N-dealkylation sites (tertiary alicyclic amines) is 1. The van der Waals surface area contributed by atoms with Gasteiger partial charge in [0.05, 0.1) is 5.60 Å². The molecule has 2 fully saturated rings. The third-order valence-corrected chi connectivity index (χ3v) is 4.49. The van der Waals surface area contributed by atoms with Crippen LogP contribution in [0.3, 0.4) is 0 Å². The zero-order valence-corrected chi connectivity index (χ0v) is 10.2.